The predicted octanol–water partition coefficient (Wildman–Crippen LogP) is 0.591. The number of rotatable bonds is 7. The number of methoxy groups -OCH3 is 1. The molecular weight excluding hydrogens is 333 g/mol. The third-order valence-electron chi connectivity index (χ3n) is 3.32. The predicted molar refractivity (Wildman–Crippen MR) is 85.2 cm³/mol. The van der Waals surface area contributed by atoms with Gasteiger partial charge in [-0.05, 0) is 30.3 Å². The van der Waals surface area contributed by atoms with Gasteiger partial charge in [-0.3, -0.25) is 9.59 Å². The van der Waals surface area contributed by atoms with Crippen molar-refractivity contribution in [1.82, 2.24) is 15.1 Å². The topological polar surface area (TPSA) is 111 Å². The van der Waals surface area contributed by atoms with E-state index in [0.29, 0.717) is 0 Å². The molecule has 1 aromatic carbocycles. The molecule has 132 valence electrons. The number of aromatic nitrogens is 2. The standard InChI is InChI=1S/C16H16FN3O5/c1-25-9-8-13(16(23)24)18-15(22)12-6-7-14(21)20(19-12)11-4-2-10(17)3-5-11/h2-7,13H,8-9H2,1H3,(H,18,22)(H,23,24). The monoisotopic (exact) mass is 349 g/mol. The van der Waals surface area contributed by atoms with Crippen LogP contribution in [0, 0.1) is 5.82 Å². The van der Waals surface area contributed by atoms with E-state index >= 15 is 0 Å². The lowest BCUT2D eigenvalue weighted by Gasteiger charge is -2.14. The van der Waals surface area contributed by atoms with Crippen molar-refractivity contribution in [1.29, 1.82) is 0 Å². The number of hydrogen-bond donors (Lipinski definition) is 2. The molecule has 0 aliphatic carbocycles. The summed E-state index contributed by atoms with van der Waals surface area (Å²) in [7, 11) is 1.42. The minimum absolute atomic E-state index is 0.0785. The highest BCUT2D eigenvalue weighted by Crippen LogP contribution is 2.06. The molecule has 0 aliphatic heterocycles. The second-order valence-corrected chi connectivity index (χ2v) is 5.09. The SMILES string of the molecule is COCCC(NC(=O)c1ccc(=O)n(-c2ccc(F)cc2)n1)C(=O)O. The van der Waals surface area contributed by atoms with Crippen molar-refractivity contribution in [3.05, 3.63) is 58.3 Å². The minimum atomic E-state index is -1.21. The highest BCUT2D eigenvalue weighted by atomic mass is 19.1. The molecule has 8 nitrogen and oxygen atoms in total. The van der Waals surface area contributed by atoms with Crippen molar-refractivity contribution in [3.63, 3.8) is 0 Å². The lowest BCUT2D eigenvalue weighted by Crippen LogP contribution is -2.42. The Balaban J connectivity index is 2.26. The first-order valence-corrected chi connectivity index (χ1v) is 7.31. The Kier molecular flexibility index (Phi) is 5.96. The molecule has 0 radical (unpaired) electrons. The van der Waals surface area contributed by atoms with E-state index in [1.807, 2.05) is 0 Å². The minimum Gasteiger partial charge on any atom is -0.480 e. The number of ether oxygens (including phenoxy) is 1. The number of nitrogens with zero attached hydrogens (tertiary/aromatic N) is 2. The van der Waals surface area contributed by atoms with Crippen LogP contribution in [-0.2, 0) is 9.53 Å². The Hall–Kier alpha value is -3.07. The van der Waals surface area contributed by atoms with Crippen LogP contribution >= 0.6 is 0 Å². The van der Waals surface area contributed by atoms with E-state index in [1.54, 1.807) is 0 Å². The average molecular weight is 349 g/mol. The van der Waals surface area contributed by atoms with Crippen LogP contribution in [0.3, 0.4) is 0 Å². The van der Waals surface area contributed by atoms with Gasteiger partial charge in [-0.2, -0.15) is 9.78 Å². The van der Waals surface area contributed by atoms with Gasteiger partial charge in [-0.1, -0.05) is 0 Å². The van der Waals surface area contributed by atoms with Crippen LogP contribution in [0.5, 0.6) is 0 Å². The van der Waals surface area contributed by atoms with Crippen LogP contribution in [0.15, 0.2) is 41.2 Å². The highest BCUT2D eigenvalue weighted by Gasteiger charge is 2.21. The summed E-state index contributed by atoms with van der Waals surface area (Å²) >= 11 is 0. The first-order valence-electron chi connectivity index (χ1n) is 7.31. The summed E-state index contributed by atoms with van der Waals surface area (Å²) in [5.41, 5.74) is -0.389. The van der Waals surface area contributed by atoms with Crippen LogP contribution in [0.1, 0.15) is 16.9 Å². The van der Waals surface area contributed by atoms with Crippen molar-refractivity contribution in [2.45, 2.75) is 12.5 Å². The van der Waals surface area contributed by atoms with Gasteiger partial charge in [0.2, 0.25) is 0 Å². The van der Waals surface area contributed by atoms with Gasteiger partial charge >= 0.3 is 5.97 Å². The third-order valence-corrected chi connectivity index (χ3v) is 3.32. The van der Waals surface area contributed by atoms with E-state index in [4.69, 9.17) is 9.84 Å². The quantitative estimate of drug-likeness (QED) is 0.757. The molecule has 2 rings (SSSR count). The number of benzene rings is 1. The first-order chi connectivity index (χ1) is 11.9. The zero-order chi connectivity index (χ0) is 18.4. The number of amides is 1. The molecule has 1 unspecified atom stereocenters. The van der Waals surface area contributed by atoms with Crippen molar-refractivity contribution >= 4 is 11.9 Å². The van der Waals surface area contributed by atoms with Crippen LogP contribution in [0.4, 0.5) is 4.39 Å². The molecule has 0 fully saturated rings. The second-order valence-electron chi connectivity index (χ2n) is 5.09. The van der Waals surface area contributed by atoms with Crippen LogP contribution in [-0.4, -0.2) is 46.5 Å². The Bertz CT molecular complexity index is 819. The molecule has 1 atom stereocenters. The van der Waals surface area contributed by atoms with Gasteiger partial charge in [-0.25, -0.2) is 9.18 Å². The molecular formula is C16H16FN3O5. The maximum Gasteiger partial charge on any atom is 0.326 e. The molecule has 0 bridgehead atoms. The second kappa shape index (κ2) is 8.15. The number of aliphatic carboxylic acids is 1. The highest BCUT2D eigenvalue weighted by molar-refractivity contribution is 5.94. The Labute approximate surface area is 141 Å². The lowest BCUT2D eigenvalue weighted by molar-refractivity contribution is -0.139. The number of carbonyl (C=O) groups is 2. The molecule has 0 aliphatic rings. The molecule has 1 heterocycles. The Morgan fingerprint density at radius 1 is 1.28 bits per heavy atom. The van der Waals surface area contributed by atoms with Gasteiger partial charge < -0.3 is 15.2 Å². The molecule has 2 aromatic rings. The molecule has 25 heavy (non-hydrogen) atoms. The van der Waals surface area contributed by atoms with Crippen molar-refractivity contribution in [3.8, 4) is 5.69 Å². The van der Waals surface area contributed by atoms with Gasteiger partial charge in [0, 0.05) is 26.2 Å². The normalized spacial score (nSPS) is 11.8. The van der Waals surface area contributed by atoms with Crippen molar-refractivity contribution < 1.29 is 23.8 Å². The third kappa shape index (κ3) is 4.70. The number of carboxylic acid groups (broad SMARTS) is 1. The summed E-state index contributed by atoms with van der Waals surface area (Å²) in [5.74, 6) is -2.44. The van der Waals surface area contributed by atoms with Gasteiger partial charge in [0.15, 0.2) is 0 Å². The number of halogens is 1. The largest absolute Gasteiger partial charge is 0.480 e. The fourth-order valence-electron chi connectivity index (χ4n) is 2.02. The summed E-state index contributed by atoms with van der Waals surface area (Å²) in [6.07, 6.45) is 0.0785. The number of hydrogen-bond acceptors (Lipinski definition) is 5. The molecule has 1 aromatic heterocycles. The van der Waals surface area contributed by atoms with Gasteiger partial charge in [0.05, 0.1) is 5.69 Å². The van der Waals surface area contributed by atoms with Crippen molar-refractivity contribution in [2.75, 3.05) is 13.7 Å². The molecule has 0 saturated heterocycles. The number of nitrogens with one attached hydrogen (secondary N) is 1. The summed E-state index contributed by atoms with van der Waals surface area (Å²) in [4.78, 5) is 35.3. The maximum absolute atomic E-state index is 13.0. The molecule has 0 saturated carbocycles. The fraction of sp³-hybridized carbons (Fsp3) is 0.250. The molecule has 2 N–H and O–H groups in total. The van der Waals surface area contributed by atoms with E-state index in [9.17, 15) is 18.8 Å². The van der Waals surface area contributed by atoms with E-state index in [2.05, 4.69) is 10.4 Å². The maximum atomic E-state index is 13.0. The average Bonchev–Trinajstić information content (AvgIpc) is 2.59. The first kappa shape index (κ1) is 18.3. The number of carboxylic acids is 1. The zero-order valence-electron chi connectivity index (χ0n) is 13.3. The molecule has 0 spiro atoms. The van der Waals surface area contributed by atoms with Gasteiger partial charge in [0.1, 0.15) is 17.6 Å². The fourth-order valence-corrected chi connectivity index (χ4v) is 2.02. The summed E-state index contributed by atoms with van der Waals surface area (Å²) in [6.45, 7) is 0.153. The summed E-state index contributed by atoms with van der Waals surface area (Å²) in [6, 6.07) is 6.14. The van der Waals surface area contributed by atoms with E-state index < -0.39 is 29.3 Å². The molecule has 1 amide bonds. The number of carbonyl (C=O) groups excluding carboxylic acids is 1. The van der Waals surface area contributed by atoms with Gasteiger partial charge in [-0.15, -0.1) is 0 Å². The van der Waals surface area contributed by atoms with Crippen LogP contribution < -0.4 is 10.9 Å². The van der Waals surface area contributed by atoms with Crippen LogP contribution in [0.2, 0.25) is 0 Å². The van der Waals surface area contributed by atoms with Crippen molar-refractivity contribution in [2.24, 2.45) is 0 Å². The van der Waals surface area contributed by atoms with E-state index in [1.165, 1.54) is 25.3 Å². The smallest absolute Gasteiger partial charge is 0.326 e. The lowest BCUT2D eigenvalue weighted by atomic mass is 10.2. The summed E-state index contributed by atoms with van der Waals surface area (Å²) < 4.78 is 18.7. The van der Waals surface area contributed by atoms with Gasteiger partial charge in [0.25, 0.3) is 11.5 Å². The summed E-state index contributed by atoms with van der Waals surface area (Å²) in [5, 5.41) is 15.3. The Morgan fingerprint density at radius 3 is 2.56 bits per heavy atom. The van der Waals surface area contributed by atoms with Crippen LogP contribution in [0.25, 0.3) is 5.69 Å². The Morgan fingerprint density at radius 2 is 1.96 bits per heavy atom. The zero-order valence-corrected chi connectivity index (χ0v) is 13.3. The van der Waals surface area contributed by atoms with E-state index in [-0.39, 0.29) is 24.4 Å². The molecule has 9 heteroatoms. The van der Waals surface area contributed by atoms with E-state index in [0.717, 1.165) is 22.9 Å².